The van der Waals surface area contributed by atoms with Gasteiger partial charge >= 0.3 is 6.03 Å². The Morgan fingerprint density at radius 1 is 0.871 bits per heavy atom. The molecule has 0 aromatic heterocycles. The van der Waals surface area contributed by atoms with E-state index < -0.39 is 23.4 Å². The molecule has 6 nitrogen and oxygen atoms in total. The van der Waals surface area contributed by atoms with Crippen LogP contribution in [-0.2, 0) is 21.7 Å². The summed E-state index contributed by atoms with van der Waals surface area (Å²) >= 11 is 5.87. The third-order valence-electron chi connectivity index (χ3n) is 5.22. The smallest absolute Gasteiger partial charge is 0.326 e. The van der Waals surface area contributed by atoms with Crippen LogP contribution in [-0.4, -0.2) is 29.3 Å². The number of hydrogen-bond donors (Lipinski definition) is 2. The van der Waals surface area contributed by atoms with Crippen molar-refractivity contribution < 1.29 is 14.4 Å². The fourth-order valence-corrected chi connectivity index (χ4v) is 3.78. The van der Waals surface area contributed by atoms with E-state index in [9.17, 15) is 14.4 Å². The van der Waals surface area contributed by atoms with Crippen molar-refractivity contribution in [2.75, 3.05) is 6.54 Å². The summed E-state index contributed by atoms with van der Waals surface area (Å²) < 4.78 is 0. The highest BCUT2D eigenvalue weighted by atomic mass is 35.5. The van der Waals surface area contributed by atoms with Gasteiger partial charge in [0.1, 0.15) is 6.54 Å². The lowest BCUT2D eigenvalue weighted by atomic mass is 9.82. The van der Waals surface area contributed by atoms with E-state index in [1.165, 1.54) is 0 Å². The van der Waals surface area contributed by atoms with Crippen LogP contribution in [0.15, 0.2) is 84.9 Å². The van der Waals surface area contributed by atoms with E-state index in [1.54, 1.807) is 72.8 Å². The minimum Gasteiger partial charge on any atom is -0.350 e. The van der Waals surface area contributed by atoms with Crippen molar-refractivity contribution in [3.63, 3.8) is 0 Å². The van der Waals surface area contributed by atoms with Crippen LogP contribution in [0.1, 0.15) is 16.7 Å². The number of rotatable bonds is 6. The molecular weight excluding hydrogens is 414 g/mol. The Labute approximate surface area is 184 Å². The van der Waals surface area contributed by atoms with Crippen LogP contribution in [0.2, 0.25) is 5.02 Å². The Morgan fingerprint density at radius 2 is 1.42 bits per heavy atom. The summed E-state index contributed by atoms with van der Waals surface area (Å²) in [6, 6.07) is 24.5. The molecule has 4 rings (SSSR count). The molecule has 0 bridgehead atoms. The van der Waals surface area contributed by atoms with Crippen LogP contribution in [0.3, 0.4) is 0 Å². The normalized spacial score (nSPS) is 14.9. The number of benzene rings is 3. The number of nitrogens with one attached hydrogen (secondary N) is 2. The van der Waals surface area contributed by atoms with Gasteiger partial charge in [0.25, 0.3) is 5.91 Å². The number of carbonyl (C=O) groups is 3. The number of carbonyl (C=O) groups excluding carboxylic acids is 3. The van der Waals surface area contributed by atoms with E-state index in [2.05, 4.69) is 10.6 Å². The first-order chi connectivity index (χ1) is 15.0. The number of nitrogens with zero attached hydrogens (tertiary/aromatic N) is 1. The molecule has 0 spiro atoms. The highest BCUT2D eigenvalue weighted by Gasteiger charge is 2.53. The summed E-state index contributed by atoms with van der Waals surface area (Å²) in [6.45, 7) is -0.109. The second-order valence-electron chi connectivity index (χ2n) is 7.21. The van der Waals surface area contributed by atoms with Gasteiger partial charge in [-0.2, -0.15) is 0 Å². The Balaban J connectivity index is 1.56. The van der Waals surface area contributed by atoms with Crippen LogP contribution < -0.4 is 10.6 Å². The van der Waals surface area contributed by atoms with E-state index in [0.29, 0.717) is 16.1 Å². The van der Waals surface area contributed by atoms with E-state index >= 15 is 0 Å². The molecule has 0 unspecified atom stereocenters. The fraction of sp³-hybridized carbons (Fsp3) is 0.125. The second-order valence-corrected chi connectivity index (χ2v) is 7.64. The molecule has 3 aromatic rings. The van der Waals surface area contributed by atoms with Crippen molar-refractivity contribution >= 4 is 29.4 Å². The Bertz CT molecular complexity index is 1060. The van der Waals surface area contributed by atoms with Crippen LogP contribution in [0.5, 0.6) is 0 Å². The predicted octanol–water partition coefficient (Wildman–Crippen LogP) is 3.45. The molecule has 4 amide bonds. The SMILES string of the molecule is O=C(CN1C(=O)NC(c2ccccc2)(c2ccccc2)C1=O)NCc1ccc(Cl)cc1. The monoisotopic (exact) mass is 433 g/mol. The molecule has 1 heterocycles. The molecule has 1 fully saturated rings. The number of amides is 4. The fourth-order valence-electron chi connectivity index (χ4n) is 3.66. The van der Waals surface area contributed by atoms with Gasteiger partial charge < -0.3 is 10.6 Å². The number of imide groups is 1. The molecule has 2 N–H and O–H groups in total. The highest BCUT2D eigenvalue weighted by Crippen LogP contribution is 2.35. The zero-order valence-corrected chi connectivity index (χ0v) is 17.3. The third kappa shape index (κ3) is 4.02. The van der Waals surface area contributed by atoms with Gasteiger partial charge in [-0.05, 0) is 28.8 Å². The van der Waals surface area contributed by atoms with Crippen molar-refractivity contribution in [1.82, 2.24) is 15.5 Å². The summed E-state index contributed by atoms with van der Waals surface area (Å²) in [5.74, 6) is -0.924. The average molecular weight is 434 g/mol. The van der Waals surface area contributed by atoms with Crippen LogP contribution in [0.4, 0.5) is 4.79 Å². The van der Waals surface area contributed by atoms with Crippen LogP contribution in [0, 0.1) is 0 Å². The average Bonchev–Trinajstić information content (AvgIpc) is 3.05. The van der Waals surface area contributed by atoms with E-state index in [-0.39, 0.29) is 13.1 Å². The summed E-state index contributed by atoms with van der Waals surface area (Å²) in [6.07, 6.45) is 0. The van der Waals surface area contributed by atoms with E-state index in [4.69, 9.17) is 11.6 Å². The van der Waals surface area contributed by atoms with Gasteiger partial charge in [-0.3, -0.25) is 14.5 Å². The molecule has 0 aliphatic carbocycles. The lowest BCUT2D eigenvalue weighted by Crippen LogP contribution is -2.46. The van der Waals surface area contributed by atoms with Gasteiger partial charge in [0, 0.05) is 11.6 Å². The molecule has 156 valence electrons. The van der Waals surface area contributed by atoms with Crippen LogP contribution in [0.25, 0.3) is 0 Å². The van der Waals surface area contributed by atoms with Gasteiger partial charge in [0.05, 0.1) is 0 Å². The summed E-state index contributed by atoms with van der Waals surface area (Å²) in [4.78, 5) is 39.8. The van der Waals surface area contributed by atoms with E-state index in [1.807, 2.05) is 12.1 Å². The first-order valence-corrected chi connectivity index (χ1v) is 10.1. The Kier molecular flexibility index (Phi) is 5.73. The zero-order valence-electron chi connectivity index (χ0n) is 16.5. The zero-order chi connectivity index (χ0) is 21.8. The molecular formula is C24H20ClN3O3. The van der Waals surface area contributed by atoms with E-state index in [0.717, 1.165) is 10.5 Å². The number of halogens is 1. The number of urea groups is 1. The van der Waals surface area contributed by atoms with Crippen molar-refractivity contribution in [1.29, 1.82) is 0 Å². The minimum atomic E-state index is -1.38. The molecule has 0 saturated carbocycles. The maximum atomic E-state index is 13.5. The second kappa shape index (κ2) is 8.62. The van der Waals surface area contributed by atoms with Gasteiger partial charge in [-0.1, -0.05) is 84.4 Å². The summed E-state index contributed by atoms with van der Waals surface area (Å²) in [7, 11) is 0. The Hall–Kier alpha value is -3.64. The van der Waals surface area contributed by atoms with Gasteiger partial charge in [0.2, 0.25) is 5.91 Å². The lowest BCUT2D eigenvalue weighted by Gasteiger charge is -2.28. The molecule has 1 saturated heterocycles. The molecule has 1 aliphatic heterocycles. The third-order valence-corrected chi connectivity index (χ3v) is 5.48. The maximum Gasteiger partial charge on any atom is 0.326 e. The van der Waals surface area contributed by atoms with Crippen molar-refractivity contribution in [3.8, 4) is 0 Å². The topological polar surface area (TPSA) is 78.5 Å². The summed E-state index contributed by atoms with van der Waals surface area (Å²) in [5.41, 5.74) is 0.737. The van der Waals surface area contributed by atoms with Crippen molar-refractivity contribution in [2.24, 2.45) is 0 Å². The van der Waals surface area contributed by atoms with Gasteiger partial charge in [0.15, 0.2) is 5.54 Å². The molecule has 0 atom stereocenters. The van der Waals surface area contributed by atoms with Crippen molar-refractivity contribution in [2.45, 2.75) is 12.1 Å². The largest absolute Gasteiger partial charge is 0.350 e. The highest BCUT2D eigenvalue weighted by molar-refractivity contribution is 6.30. The molecule has 31 heavy (non-hydrogen) atoms. The van der Waals surface area contributed by atoms with Crippen LogP contribution >= 0.6 is 11.6 Å². The first kappa shape index (κ1) is 20.6. The molecule has 3 aromatic carbocycles. The van der Waals surface area contributed by atoms with Gasteiger partial charge in [-0.25, -0.2) is 4.79 Å². The number of hydrogen-bond acceptors (Lipinski definition) is 3. The predicted molar refractivity (Wildman–Crippen MR) is 117 cm³/mol. The maximum absolute atomic E-state index is 13.5. The quantitative estimate of drug-likeness (QED) is 0.584. The van der Waals surface area contributed by atoms with Crippen molar-refractivity contribution in [3.05, 3.63) is 107 Å². The first-order valence-electron chi connectivity index (χ1n) is 9.77. The molecule has 1 aliphatic rings. The minimum absolute atomic E-state index is 0.266. The standard InChI is InChI=1S/C24H20ClN3O3/c25-20-13-11-17(12-14-20)15-26-21(29)16-28-22(30)24(27-23(28)31,18-7-3-1-4-8-18)19-9-5-2-6-10-19/h1-14H,15-16H2,(H,26,29)(H,27,31). The lowest BCUT2D eigenvalue weighted by molar-refractivity contribution is -0.134. The molecule has 7 heteroatoms. The van der Waals surface area contributed by atoms with Gasteiger partial charge in [-0.15, -0.1) is 0 Å². The Morgan fingerprint density at radius 3 is 1.97 bits per heavy atom. The molecule has 0 radical (unpaired) electrons. The summed E-state index contributed by atoms with van der Waals surface area (Å²) in [5, 5.41) is 6.17.